The van der Waals surface area contributed by atoms with Gasteiger partial charge < -0.3 is 28.2 Å². The summed E-state index contributed by atoms with van der Waals surface area (Å²) < 4.78 is 0. The SMILES string of the molecule is [Ba+2].[F-].[F-].[F-].[F-].[F-].[F-].[Si+4]. The molecule has 0 fully saturated rings. The largest absolute Gasteiger partial charge is 4.00 e. The minimum atomic E-state index is 0. The van der Waals surface area contributed by atoms with Crippen molar-refractivity contribution in [3.8, 4) is 0 Å². The monoisotopic (exact) mass is 280 g/mol. The maximum atomic E-state index is 0. The van der Waals surface area contributed by atoms with Crippen LogP contribution in [0.5, 0.6) is 0 Å². The van der Waals surface area contributed by atoms with Gasteiger partial charge in [-0.05, 0) is 0 Å². The predicted octanol–water partition coefficient (Wildman–Crippen LogP) is -18.7. The molecule has 0 aromatic heterocycles. The van der Waals surface area contributed by atoms with Crippen molar-refractivity contribution in [2.45, 2.75) is 0 Å². The average Bonchev–Trinajstić information content (AvgIpc) is 0. The standard InChI is InChI=1S/Ba.6FH.Si/h;6*1H;/q+2;;;;;;;+4/p-6. The van der Waals surface area contributed by atoms with Gasteiger partial charge in [-0.2, -0.15) is 0 Å². The molecular weight excluding hydrogens is 279 g/mol. The zero-order valence-electron chi connectivity index (χ0n) is 3.47. The molecule has 0 spiro atoms. The van der Waals surface area contributed by atoms with E-state index in [0.29, 0.717) is 0 Å². The Kier molecular flexibility index (Phi) is 10600. The third kappa shape index (κ3) is 160. The Morgan fingerprint density at radius 2 is 0.375 bits per heavy atom. The van der Waals surface area contributed by atoms with Crippen LogP contribution in [0.2, 0.25) is 0 Å². The van der Waals surface area contributed by atoms with Gasteiger partial charge in [0.2, 0.25) is 0 Å². The summed E-state index contributed by atoms with van der Waals surface area (Å²) >= 11 is 0. The Hall–Kier alpha value is 1.37. The Labute approximate surface area is 87.1 Å². The summed E-state index contributed by atoms with van der Waals surface area (Å²) in [5, 5.41) is 0. The molecular formula is BaF6Si. The third-order valence-electron chi connectivity index (χ3n) is 0. The fourth-order valence-corrected chi connectivity index (χ4v) is 0. The van der Waals surface area contributed by atoms with Crippen LogP contribution in [-0.2, 0) is 0 Å². The maximum absolute atomic E-state index is 0. The maximum Gasteiger partial charge on any atom is 4.00 e. The zero-order valence-corrected chi connectivity index (χ0v) is 8.92. The molecule has 0 aromatic rings. The molecule has 0 nitrogen and oxygen atoms in total. The molecule has 0 unspecified atom stereocenters. The van der Waals surface area contributed by atoms with E-state index in [-0.39, 0.29) is 88.1 Å². The van der Waals surface area contributed by atoms with Crippen LogP contribution in [0.1, 0.15) is 0 Å². The second kappa shape index (κ2) is 243. The molecule has 0 atom stereocenters. The quantitative estimate of drug-likeness (QED) is 0.305. The third-order valence-corrected chi connectivity index (χ3v) is 0. The Morgan fingerprint density at radius 1 is 0.375 bits per heavy atom. The van der Waals surface area contributed by atoms with Crippen molar-refractivity contribution in [2.24, 2.45) is 0 Å². The van der Waals surface area contributed by atoms with Crippen molar-refractivity contribution < 1.29 is 28.2 Å². The fraction of sp³-hybridized carbons (Fsp3) is 0. The first-order valence-electron chi connectivity index (χ1n) is 0. The van der Waals surface area contributed by atoms with Crippen molar-refractivity contribution in [2.75, 3.05) is 0 Å². The summed E-state index contributed by atoms with van der Waals surface area (Å²) in [4.78, 5) is 0. The van der Waals surface area contributed by atoms with Crippen LogP contribution in [0.4, 0.5) is 0 Å². The second-order valence-electron chi connectivity index (χ2n) is 0. The van der Waals surface area contributed by atoms with Crippen molar-refractivity contribution in [1.29, 1.82) is 0 Å². The van der Waals surface area contributed by atoms with Crippen molar-refractivity contribution >= 4 is 59.8 Å². The summed E-state index contributed by atoms with van der Waals surface area (Å²) in [6.07, 6.45) is 0. The van der Waals surface area contributed by atoms with E-state index in [2.05, 4.69) is 0 Å². The first-order chi connectivity index (χ1) is 0. The van der Waals surface area contributed by atoms with E-state index >= 15 is 0 Å². The summed E-state index contributed by atoms with van der Waals surface area (Å²) in [6.45, 7) is 0. The van der Waals surface area contributed by atoms with Crippen molar-refractivity contribution in [3.05, 3.63) is 0 Å². The number of hydrogen-bond acceptors (Lipinski definition) is 0. The van der Waals surface area contributed by atoms with Gasteiger partial charge in [0.05, 0.1) is 0 Å². The summed E-state index contributed by atoms with van der Waals surface area (Å²) in [5.41, 5.74) is 0. The first kappa shape index (κ1) is 350. The molecule has 8 heteroatoms. The minimum absolute atomic E-state index is 0. The predicted molar refractivity (Wildman–Crippen MR) is 11.5 cm³/mol. The van der Waals surface area contributed by atoms with E-state index in [4.69, 9.17) is 0 Å². The van der Waals surface area contributed by atoms with E-state index in [1.807, 2.05) is 0 Å². The van der Waals surface area contributed by atoms with Gasteiger partial charge in [0.25, 0.3) is 0 Å². The number of rotatable bonds is 0. The van der Waals surface area contributed by atoms with Gasteiger partial charge in [-0.1, -0.05) is 0 Å². The van der Waals surface area contributed by atoms with Gasteiger partial charge in [0, 0.05) is 0 Å². The van der Waals surface area contributed by atoms with E-state index in [9.17, 15) is 0 Å². The fourth-order valence-electron chi connectivity index (χ4n) is 0. The summed E-state index contributed by atoms with van der Waals surface area (Å²) in [5.74, 6) is 0. The molecule has 0 rings (SSSR count). The molecule has 0 bridgehead atoms. The molecule has 0 saturated heterocycles. The minimum Gasteiger partial charge on any atom is -1.00 e. The Balaban J connectivity index is 0. The number of hydrogen-bond donors (Lipinski definition) is 0. The van der Waals surface area contributed by atoms with Gasteiger partial charge >= 0.3 is 59.8 Å². The van der Waals surface area contributed by atoms with Gasteiger partial charge in [-0.3, -0.25) is 0 Å². The van der Waals surface area contributed by atoms with Gasteiger partial charge in [0.15, 0.2) is 0 Å². The summed E-state index contributed by atoms with van der Waals surface area (Å²) in [6, 6.07) is 0. The molecule has 0 saturated carbocycles. The topological polar surface area (TPSA) is 0 Å². The normalized spacial score (nSPS) is 0. The average molecular weight is 279 g/mol. The van der Waals surface area contributed by atoms with Gasteiger partial charge in [-0.25, -0.2) is 0 Å². The molecule has 0 aromatic carbocycles. The molecule has 0 N–H and O–H groups in total. The molecule has 0 radical (unpaired) electrons. The molecule has 0 aliphatic heterocycles. The van der Waals surface area contributed by atoms with Crippen LogP contribution in [0.15, 0.2) is 0 Å². The van der Waals surface area contributed by atoms with E-state index in [1.165, 1.54) is 0 Å². The Morgan fingerprint density at radius 3 is 0.375 bits per heavy atom. The van der Waals surface area contributed by atoms with Crippen LogP contribution >= 0.6 is 0 Å². The van der Waals surface area contributed by atoms with Crippen LogP contribution in [0.3, 0.4) is 0 Å². The Bertz CT molecular complexity index is 8.49. The molecule has 48 valence electrons. The van der Waals surface area contributed by atoms with Crippen LogP contribution in [0, 0.1) is 0 Å². The molecule has 8 heavy (non-hydrogen) atoms. The van der Waals surface area contributed by atoms with Crippen molar-refractivity contribution in [3.63, 3.8) is 0 Å². The zero-order chi connectivity index (χ0) is 0. The molecule has 0 aliphatic carbocycles. The first-order valence-corrected chi connectivity index (χ1v) is 0. The van der Waals surface area contributed by atoms with Crippen LogP contribution in [-0.4, -0.2) is 59.8 Å². The van der Waals surface area contributed by atoms with E-state index < -0.39 is 0 Å². The second-order valence-corrected chi connectivity index (χ2v) is 0. The van der Waals surface area contributed by atoms with E-state index in [1.54, 1.807) is 0 Å². The van der Waals surface area contributed by atoms with Gasteiger partial charge in [-0.15, -0.1) is 0 Å². The van der Waals surface area contributed by atoms with Gasteiger partial charge in [0.1, 0.15) is 0 Å². The molecule has 0 amide bonds. The van der Waals surface area contributed by atoms with Crippen LogP contribution in [0.25, 0.3) is 0 Å². The molecule has 0 heterocycles. The summed E-state index contributed by atoms with van der Waals surface area (Å²) in [7, 11) is 0. The van der Waals surface area contributed by atoms with E-state index in [0.717, 1.165) is 0 Å². The molecule has 0 aliphatic rings. The number of halogens is 6. The smallest absolute Gasteiger partial charge is 1.00 e. The van der Waals surface area contributed by atoms with Crippen LogP contribution < -0.4 is 28.2 Å². The van der Waals surface area contributed by atoms with Crippen molar-refractivity contribution in [1.82, 2.24) is 0 Å².